The van der Waals surface area contributed by atoms with E-state index in [9.17, 15) is 18.0 Å². The van der Waals surface area contributed by atoms with Gasteiger partial charge in [0.2, 0.25) is 0 Å². The highest BCUT2D eigenvalue weighted by Gasteiger charge is 2.35. The highest BCUT2D eigenvalue weighted by Crippen LogP contribution is 2.37. The van der Waals surface area contributed by atoms with Gasteiger partial charge in [0.05, 0.1) is 29.2 Å². The third-order valence-electron chi connectivity index (χ3n) is 5.60. The second-order valence-electron chi connectivity index (χ2n) is 8.18. The molecule has 0 fully saturated rings. The SMILES string of the molecule is Cn1ccc(-c2cc(C(=O)NC3CC(Cn4cnnn4)=NN3c3ccccc3)ccc2C(F)(F)F)n1. The van der Waals surface area contributed by atoms with Crippen LogP contribution in [0.2, 0.25) is 0 Å². The summed E-state index contributed by atoms with van der Waals surface area (Å²) >= 11 is 0. The molecule has 184 valence electrons. The lowest BCUT2D eigenvalue weighted by Gasteiger charge is -2.24. The predicted octanol–water partition coefficient (Wildman–Crippen LogP) is 3.11. The van der Waals surface area contributed by atoms with Crippen molar-refractivity contribution in [2.24, 2.45) is 12.1 Å². The van der Waals surface area contributed by atoms with Gasteiger partial charge >= 0.3 is 6.18 Å². The summed E-state index contributed by atoms with van der Waals surface area (Å²) in [4.78, 5) is 13.2. The number of nitrogens with zero attached hydrogens (tertiary/aromatic N) is 8. The fraction of sp³-hybridized carbons (Fsp3) is 0.217. The molecule has 3 heterocycles. The molecular formula is C23H20F3N9O. The van der Waals surface area contributed by atoms with Gasteiger partial charge in [0.1, 0.15) is 12.5 Å². The summed E-state index contributed by atoms with van der Waals surface area (Å²) in [6, 6.07) is 14.0. The second-order valence-corrected chi connectivity index (χ2v) is 8.18. The first-order chi connectivity index (χ1) is 17.3. The zero-order valence-electron chi connectivity index (χ0n) is 19.0. The highest BCUT2D eigenvalue weighted by atomic mass is 19.4. The van der Waals surface area contributed by atoms with Crippen LogP contribution in [0.3, 0.4) is 0 Å². The fourth-order valence-electron chi connectivity index (χ4n) is 3.98. The molecule has 1 amide bonds. The summed E-state index contributed by atoms with van der Waals surface area (Å²) in [5, 5.41) is 24.4. The molecule has 1 aliphatic heterocycles. The zero-order valence-corrected chi connectivity index (χ0v) is 19.0. The Balaban J connectivity index is 1.42. The highest BCUT2D eigenvalue weighted by molar-refractivity contribution is 5.97. The van der Waals surface area contributed by atoms with Crippen LogP contribution in [0.5, 0.6) is 0 Å². The summed E-state index contributed by atoms with van der Waals surface area (Å²) in [5.74, 6) is -0.536. The minimum atomic E-state index is -4.60. The number of tetrazole rings is 1. The van der Waals surface area contributed by atoms with Crippen molar-refractivity contribution in [3.8, 4) is 11.3 Å². The van der Waals surface area contributed by atoms with E-state index in [0.29, 0.717) is 13.0 Å². The van der Waals surface area contributed by atoms with Crippen LogP contribution < -0.4 is 10.3 Å². The number of carbonyl (C=O) groups excluding carboxylic acids is 1. The number of hydrogen-bond acceptors (Lipinski definition) is 7. The maximum Gasteiger partial charge on any atom is 0.417 e. The first kappa shape index (κ1) is 23.2. The summed E-state index contributed by atoms with van der Waals surface area (Å²) in [5.41, 5.74) is 0.632. The largest absolute Gasteiger partial charge is 0.417 e. The number of anilines is 1. The van der Waals surface area contributed by atoms with E-state index in [2.05, 4.69) is 31.0 Å². The molecular weight excluding hydrogens is 475 g/mol. The Bertz CT molecular complexity index is 1400. The molecule has 0 bridgehead atoms. The number of halogens is 3. The van der Waals surface area contributed by atoms with E-state index < -0.39 is 23.8 Å². The molecule has 5 rings (SSSR count). The van der Waals surface area contributed by atoms with Crippen molar-refractivity contribution in [1.82, 2.24) is 35.3 Å². The van der Waals surface area contributed by atoms with Gasteiger partial charge in [-0.1, -0.05) is 18.2 Å². The van der Waals surface area contributed by atoms with Crippen molar-refractivity contribution in [1.29, 1.82) is 0 Å². The number of carbonyl (C=O) groups is 1. The number of aryl methyl sites for hydroxylation is 1. The number of benzene rings is 2. The lowest BCUT2D eigenvalue weighted by molar-refractivity contribution is -0.137. The van der Waals surface area contributed by atoms with Gasteiger partial charge in [-0.3, -0.25) is 9.48 Å². The molecule has 10 nitrogen and oxygen atoms in total. The number of alkyl halides is 3. The summed E-state index contributed by atoms with van der Waals surface area (Å²) < 4.78 is 43.9. The number of hydrazone groups is 1. The Morgan fingerprint density at radius 1 is 1.14 bits per heavy atom. The molecule has 1 aliphatic rings. The van der Waals surface area contributed by atoms with Gasteiger partial charge < -0.3 is 5.32 Å². The normalized spacial score (nSPS) is 15.7. The van der Waals surface area contributed by atoms with Crippen molar-refractivity contribution < 1.29 is 18.0 Å². The van der Waals surface area contributed by atoms with E-state index in [1.165, 1.54) is 27.8 Å². The summed E-state index contributed by atoms with van der Waals surface area (Å²) in [6.07, 6.45) is -1.79. The lowest BCUT2D eigenvalue weighted by Crippen LogP contribution is -2.43. The van der Waals surface area contributed by atoms with Crippen molar-refractivity contribution in [3.05, 3.63) is 78.2 Å². The van der Waals surface area contributed by atoms with E-state index in [4.69, 9.17) is 0 Å². The summed E-state index contributed by atoms with van der Waals surface area (Å²) in [6.45, 7) is 0.326. The minimum Gasteiger partial charge on any atom is -0.330 e. The Labute approximate surface area is 203 Å². The van der Waals surface area contributed by atoms with Gasteiger partial charge in [-0.15, -0.1) is 5.10 Å². The van der Waals surface area contributed by atoms with Crippen molar-refractivity contribution in [2.45, 2.75) is 25.3 Å². The molecule has 1 unspecified atom stereocenters. The maximum atomic E-state index is 13.7. The van der Waals surface area contributed by atoms with Gasteiger partial charge in [0.25, 0.3) is 5.91 Å². The Kier molecular flexibility index (Phi) is 5.96. The van der Waals surface area contributed by atoms with E-state index in [1.54, 1.807) is 18.3 Å². The number of hydrogen-bond donors (Lipinski definition) is 1. The molecule has 4 aromatic rings. The molecule has 2 aromatic carbocycles. The number of nitrogens with one attached hydrogen (secondary N) is 1. The van der Waals surface area contributed by atoms with Crippen LogP contribution in [0.4, 0.5) is 18.9 Å². The van der Waals surface area contributed by atoms with Gasteiger partial charge in [-0.05, 0) is 46.8 Å². The topological polar surface area (TPSA) is 106 Å². The molecule has 1 N–H and O–H groups in total. The van der Waals surface area contributed by atoms with Crippen molar-refractivity contribution >= 4 is 17.3 Å². The number of aromatic nitrogens is 6. The molecule has 0 saturated heterocycles. The Morgan fingerprint density at radius 3 is 2.61 bits per heavy atom. The smallest absolute Gasteiger partial charge is 0.330 e. The van der Waals surface area contributed by atoms with Crippen LogP contribution in [0.25, 0.3) is 11.3 Å². The van der Waals surface area contributed by atoms with E-state index in [1.807, 2.05) is 30.3 Å². The Hall–Kier alpha value is -4.55. The Morgan fingerprint density at radius 2 is 1.94 bits per heavy atom. The average Bonchev–Trinajstić information content (AvgIpc) is 3.61. The maximum absolute atomic E-state index is 13.7. The van der Waals surface area contributed by atoms with Gasteiger partial charge in [0.15, 0.2) is 0 Å². The van der Waals surface area contributed by atoms with Crippen LogP contribution in [-0.2, 0) is 19.8 Å². The molecule has 0 aliphatic carbocycles. The van der Waals surface area contributed by atoms with Gasteiger partial charge in [-0.2, -0.15) is 23.4 Å². The second kappa shape index (κ2) is 9.24. The molecule has 0 radical (unpaired) electrons. The van der Waals surface area contributed by atoms with Crippen molar-refractivity contribution in [2.75, 3.05) is 5.01 Å². The quantitative estimate of drug-likeness (QED) is 0.441. The molecule has 1 atom stereocenters. The third kappa shape index (κ3) is 4.80. The van der Waals surface area contributed by atoms with E-state index >= 15 is 0 Å². The van der Waals surface area contributed by atoms with Crippen LogP contribution in [-0.4, -0.2) is 47.8 Å². The minimum absolute atomic E-state index is 0.0746. The van der Waals surface area contributed by atoms with Gasteiger partial charge in [-0.25, -0.2) is 9.69 Å². The fourth-order valence-corrected chi connectivity index (χ4v) is 3.98. The number of rotatable bonds is 6. The van der Waals surface area contributed by atoms with E-state index in [-0.39, 0.29) is 16.8 Å². The zero-order chi connectivity index (χ0) is 25.3. The molecule has 0 spiro atoms. The first-order valence-corrected chi connectivity index (χ1v) is 10.9. The summed E-state index contributed by atoms with van der Waals surface area (Å²) in [7, 11) is 1.61. The predicted molar refractivity (Wildman–Crippen MR) is 124 cm³/mol. The molecule has 0 saturated carbocycles. The number of amides is 1. The first-order valence-electron chi connectivity index (χ1n) is 10.9. The molecule has 2 aromatic heterocycles. The monoisotopic (exact) mass is 495 g/mol. The van der Waals surface area contributed by atoms with E-state index in [0.717, 1.165) is 23.5 Å². The van der Waals surface area contributed by atoms with Crippen LogP contribution >= 0.6 is 0 Å². The van der Waals surface area contributed by atoms with Gasteiger partial charge in [0, 0.05) is 30.8 Å². The molecule has 36 heavy (non-hydrogen) atoms. The standard InChI is InChI=1S/C23H20F3N9O/c1-33-10-9-20(30-33)18-11-15(7-8-19(18)23(24,25)26)22(36)28-21-12-16(13-34-14-27-31-32-34)29-35(21)17-5-3-2-4-6-17/h2-11,14,21H,12-13H2,1H3,(H,28,36). The van der Waals surface area contributed by atoms with Crippen LogP contribution in [0.15, 0.2) is 72.2 Å². The van der Waals surface area contributed by atoms with Crippen LogP contribution in [0, 0.1) is 0 Å². The lowest BCUT2D eigenvalue weighted by atomic mass is 10.0. The molecule has 13 heteroatoms. The van der Waals surface area contributed by atoms with Crippen LogP contribution in [0.1, 0.15) is 22.3 Å². The number of para-hydroxylation sites is 1. The average molecular weight is 495 g/mol. The third-order valence-corrected chi connectivity index (χ3v) is 5.60. The van der Waals surface area contributed by atoms with Crippen molar-refractivity contribution in [3.63, 3.8) is 0 Å².